The Hall–Kier alpha value is -0.780. The molecule has 2 bridgehead atoms. The zero-order chi connectivity index (χ0) is 9.08. The summed E-state index contributed by atoms with van der Waals surface area (Å²) in [6, 6.07) is 9.40. The van der Waals surface area contributed by atoms with E-state index in [2.05, 4.69) is 31.2 Å². The van der Waals surface area contributed by atoms with Gasteiger partial charge in [-0.15, -0.1) is 0 Å². The van der Waals surface area contributed by atoms with E-state index in [9.17, 15) is 0 Å². The second-order valence-electron chi connectivity index (χ2n) is 5.93. The minimum Gasteiger partial charge on any atom is -0.0590 e. The summed E-state index contributed by atoms with van der Waals surface area (Å²) in [5.74, 6) is 5.76. The van der Waals surface area contributed by atoms with Crippen molar-refractivity contribution in [3.8, 4) is 0 Å². The van der Waals surface area contributed by atoms with Crippen LogP contribution in [0.5, 0.6) is 0 Å². The van der Waals surface area contributed by atoms with Gasteiger partial charge in [0.1, 0.15) is 0 Å². The summed E-state index contributed by atoms with van der Waals surface area (Å²) < 4.78 is 0. The zero-order valence-corrected chi connectivity index (χ0v) is 8.40. The summed E-state index contributed by atoms with van der Waals surface area (Å²) in [5, 5.41) is 0. The van der Waals surface area contributed by atoms with Gasteiger partial charge in [0.2, 0.25) is 0 Å². The quantitative estimate of drug-likeness (QED) is 0.626. The molecule has 0 heterocycles. The Balaban J connectivity index is 1.68. The molecule has 6 rings (SSSR count). The average molecular weight is 182 g/mol. The second kappa shape index (κ2) is 1.58. The van der Waals surface area contributed by atoms with Gasteiger partial charge in [-0.05, 0) is 48.5 Å². The van der Waals surface area contributed by atoms with Gasteiger partial charge in [-0.25, -0.2) is 0 Å². The Morgan fingerprint density at radius 3 is 2.43 bits per heavy atom. The van der Waals surface area contributed by atoms with Crippen LogP contribution in [0.15, 0.2) is 24.3 Å². The highest BCUT2D eigenvalue weighted by Gasteiger charge is 2.96. The van der Waals surface area contributed by atoms with Gasteiger partial charge in [0.05, 0.1) is 0 Å². The van der Waals surface area contributed by atoms with Gasteiger partial charge < -0.3 is 0 Å². The van der Waals surface area contributed by atoms with Gasteiger partial charge in [-0.2, -0.15) is 0 Å². The molecule has 1 aromatic carbocycles. The highest BCUT2D eigenvalue weighted by atomic mass is 15.0. The molecule has 70 valence electrons. The van der Waals surface area contributed by atoms with E-state index in [1.54, 1.807) is 12.0 Å². The van der Waals surface area contributed by atoms with Crippen molar-refractivity contribution in [3.05, 3.63) is 35.4 Å². The molecular weight excluding hydrogens is 168 g/mol. The lowest BCUT2D eigenvalue weighted by Crippen LogP contribution is -2.23. The first-order valence-corrected chi connectivity index (χ1v) is 5.92. The maximum atomic E-state index is 2.40. The Kier molecular flexibility index (Phi) is 0.751. The normalized spacial score (nSPS) is 59.1. The van der Waals surface area contributed by atoms with Crippen LogP contribution in [0.4, 0.5) is 0 Å². The van der Waals surface area contributed by atoms with Gasteiger partial charge >= 0.3 is 0 Å². The number of hydrogen-bond donors (Lipinski definition) is 0. The summed E-state index contributed by atoms with van der Waals surface area (Å²) >= 11 is 0. The average Bonchev–Trinajstić information content (AvgIpc) is 2.83. The number of rotatable bonds is 1. The van der Waals surface area contributed by atoms with Crippen molar-refractivity contribution in [1.29, 1.82) is 0 Å². The van der Waals surface area contributed by atoms with E-state index in [0.717, 1.165) is 23.2 Å². The Bertz CT molecular complexity index is 423. The second-order valence-corrected chi connectivity index (χ2v) is 5.93. The molecule has 1 aromatic rings. The molecule has 6 unspecified atom stereocenters. The number of benzene rings is 1. The molecule has 0 radical (unpaired) electrons. The summed E-state index contributed by atoms with van der Waals surface area (Å²) in [7, 11) is 0. The molecule has 0 aliphatic heterocycles. The first kappa shape index (κ1) is 6.66. The third kappa shape index (κ3) is 0.414. The highest BCUT2D eigenvalue weighted by molar-refractivity contribution is 5.55. The van der Waals surface area contributed by atoms with E-state index >= 15 is 0 Å². The molecule has 0 nitrogen and oxygen atoms in total. The van der Waals surface area contributed by atoms with Crippen molar-refractivity contribution in [2.75, 3.05) is 0 Å². The van der Waals surface area contributed by atoms with Crippen molar-refractivity contribution >= 4 is 0 Å². The molecule has 0 amide bonds. The Labute approximate surface area is 84.3 Å². The fourth-order valence-corrected chi connectivity index (χ4v) is 5.39. The van der Waals surface area contributed by atoms with Gasteiger partial charge in [-0.1, -0.05) is 29.8 Å². The largest absolute Gasteiger partial charge is 0.0590 e. The first-order chi connectivity index (χ1) is 6.85. The predicted molar refractivity (Wildman–Crippen MR) is 54.9 cm³/mol. The monoisotopic (exact) mass is 182 g/mol. The highest BCUT2D eigenvalue weighted by Crippen LogP contribution is 2.98. The summed E-state index contributed by atoms with van der Waals surface area (Å²) in [6.07, 6.45) is 1.58. The molecule has 0 aromatic heterocycles. The maximum Gasteiger partial charge on any atom is 0.00522 e. The van der Waals surface area contributed by atoms with Crippen molar-refractivity contribution in [1.82, 2.24) is 0 Å². The predicted octanol–water partition coefficient (Wildman–Crippen LogP) is 2.76. The van der Waals surface area contributed by atoms with Crippen LogP contribution in [0.3, 0.4) is 0 Å². The third-order valence-corrected chi connectivity index (χ3v) is 5.76. The Morgan fingerprint density at radius 1 is 1.14 bits per heavy atom. The van der Waals surface area contributed by atoms with E-state index in [1.807, 2.05) is 0 Å². The van der Waals surface area contributed by atoms with Crippen molar-refractivity contribution in [3.63, 3.8) is 0 Å². The summed E-state index contributed by atoms with van der Waals surface area (Å²) in [6.45, 7) is 2.19. The van der Waals surface area contributed by atoms with Crippen LogP contribution < -0.4 is 0 Å². The van der Waals surface area contributed by atoms with Gasteiger partial charge in [-0.3, -0.25) is 0 Å². The molecule has 5 aliphatic carbocycles. The molecule has 5 fully saturated rings. The molecule has 5 aliphatic rings. The van der Waals surface area contributed by atoms with Crippen LogP contribution in [0, 0.1) is 36.5 Å². The molecule has 14 heavy (non-hydrogen) atoms. The van der Waals surface area contributed by atoms with Gasteiger partial charge in [0, 0.05) is 5.41 Å². The van der Waals surface area contributed by atoms with Crippen molar-refractivity contribution in [2.45, 2.75) is 18.8 Å². The maximum absolute atomic E-state index is 2.40. The van der Waals surface area contributed by atoms with Crippen molar-refractivity contribution in [2.24, 2.45) is 29.6 Å². The fourth-order valence-electron chi connectivity index (χ4n) is 5.39. The van der Waals surface area contributed by atoms with E-state index in [0.29, 0.717) is 0 Å². The Morgan fingerprint density at radius 2 is 1.93 bits per heavy atom. The zero-order valence-electron chi connectivity index (χ0n) is 8.40. The van der Waals surface area contributed by atoms with Gasteiger partial charge in [0.25, 0.3) is 0 Å². The lowest BCUT2D eigenvalue weighted by molar-refractivity contribution is 0.369. The van der Waals surface area contributed by atoms with Gasteiger partial charge in [0.15, 0.2) is 0 Å². The molecule has 5 saturated carbocycles. The van der Waals surface area contributed by atoms with Crippen LogP contribution in [-0.2, 0) is 5.41 Å². The molecule has 6 atom stereocenters. The van der Waals surface area contributed by atoms with Crippen LogP contribution in [0.25, 0.3) is 0 Å². The molecule has 0 heteroatoms. The van der Waals surface area contributed by atoms with Crippen LogP contribution in [-0.4, -0.2) is 0 Å². The smallest absolute Gasteiger partial charge is 0.00522 e. The standard InChI is InChI=1S/C14H14/c1-7-2-4-8(5-3-7)14-10-6-9-11(12(9)14)13(10)14/h2-5,9-13H,6H2,1H3. The first-order valence-electron chi connectivity index (χ1n) is 5.92. The van der Waals surface area contributed by atoms with E-state index in [1.165, 1.54) is 17.4 Å². The minimum atomic E-state index is 0.739. The van der Waals surface area contributed by atoms with E-state index in [-0.39, 0.29) is 0 Å². The van der Waals surface area contributed by atoms with Crippen LogP contribution >= 0.6 is 0 Å². The van der Waals surface area contributed by atoms with Crippen molar-refractivity contribution < 1.29 is 0 Å². The molecule has 0 spiro atoms. The minimum absolute atomic E-state index is 0.739. The SMILES string of the molecule is Cc1ccc(C23C4CC5C(C52)C43)cc1. The number of hydrogen-bond acceptors (Lipinski definition) is 0. The molecule has 0 saturated heterocycles. The molecule has 0 N–H and O–H groups in total. The van der Waals surface area contributed by atoms with E-state index in [4.69, 9.17) is 0 Å². The topological polar surface area (TPSA) is 0 Å². The van der Waals surface area contributed by atoms with Crippen LogP contribution in [0.2, 0.25) is 0 Å². The number of aryl methyl sites for hydroxylation is 1. The van der Waals surface area contributed by atoms with Crippen LogP contribution in [0.1, 0.15) is 17.5 Å². The fraction of sp³-hybridized carbons (Fsp3) is 0.571. The summed E-state index contributed by atoms with van der Waals surface area (Å²) in [4.78, 5) is 0. The lowest BCUT2D eigenvalue weighted by atomic mass is 9.78. The molecular formula is C14H14. The lowest BCUT2D eigenvalue weighted by Gasteiger charge is -2.25. The third-order valence-electron chi connectivity index (χ3n) is 5.76. The van der Waals surface area contributed by atoms with E-state index < -0.39 is 0 Å². The summed E-state index contributed by atoms with van der Waals surface area (Å²) in [5.41, 5.74) is 3.82.